The third-order valence-corrected chi connectivity index (χ3v) is 10.5. The number of thiazole rings is 1. The van der Waals surface area contributed by atoms with Crippen LogP contribution in [0.3, 0.4) is 0 Å². The van der Waals surface area contributed by atoms with Crippen molar-refractivity contribution in [2.75, 3.05) is 23.5 Å². The average molecular weight is 887 g/mol. The molecule has 0 spiro atoms. The fraction of sp³-hybridized carbons (Fsp3) is 0.450. The molecule has 0 saturated carbocycles. The van der Waals surface area contributed by atoms with Crippen LogP contribution in [-0.2, 0) is 46.6 Å². The van der Waals surface area contributed by atoms with E-state index >= 15 is 0 Å². The molecule has 3 N–H and O–H groups in total. The molecule has 2 atom stereocenters. The second-order valence-corrected chi connectivity index (χ2v) is 19.2. The zero-order valence-electron chi connectivity index (χ0n) is 35.0. The molecule has 0 radical (unpaired) electrons. The van der Waals surface area contributed by atoms with Gasteiger partial charge in [0.1, 0.15) is 56.3 Å². The van der Waals surface area contributed by atoms with E-state index in [0.29, 0.717) is 28.3 Å². The molecule has 322 valence electrons. The van der Waals surface area contributed by atoms with Gasteiger partial charge in [0, 0.05) is 23.5 Å². The number of nitrogens with one attached hydrogen (secondary N) is 3. The Balaban J connectivity index is 1.38. The van der Waals surface area contributed by atoms with E-state index in [1.165, 1.54) is 16.7 Å². The third-order valence-electron chi connectivity index (χ3n) is 8.01. The van der Waals surface area contributed by atoms with Crippen molar-refractivity contribution < 1.29 is 52.3 Å². The SMILES string of the molecule is COc1ccc(COC(=O)C2=C(C[n+]3ccc(NC(=O)OC(C)(C)C)cc3)CSC3C(NC(=O)/C(=N\OC(C)(C)C)c4nc(NC(=O)OC(C)(C)C)sc4Cl)C(=O)N23)cc1. The van der Waals surface area contributed by atoms with Crippen LogP contribution in [0.4, 0.5) is 20.4 Å². The lowest BCUT2D eigenvalue weighted by Crippen LogP contribution is -2.71. The highest BCUT2D eigenvalue weighted by Crippen LogP contribution is 2.41. The highest BCUT2D eigenvalue weighted by molar-refractivity contribution is 8.00. The molecular weight excluding hydrogens is 838 g/mol. The Morgan fingerprint density at radius 1 is 0.917 bits per heavy atom. The van der Waals surface area contributed by atoms with Crippen LogP contribution in [0.5, 0.6) is 5.75 Å². The van der Waals surface area contributed by atoms with Crippen molar-refractivity contribution in [2.45, 2.75) is 104 Å². The minimum atomic E-state index is -1.09. The molecular formula is C40H49ClN7O10S2+. The molecule has 1 aromatic carbocycles. The number of aromatic nitrogens is 2. The van der Waals surface area contributed by atoms with Gasteiger partial charge in [-0.3, -0.25) is 25.1 Å². The van der Waals surface area contributed by atoms with Crippen molar-refractivity contribution in [2.24, 2.45) is 5.16 Å². The summed E-state index contributed by atoms with van der Waals surface area (Å²) in [6.45, 7) is 15.7. The lowest BCUT2D eigenvalue weighted by molar-refractivity contribution is -0.688. The van der Waals surface area contributed by atoms with E-state index in [-0.39, 0.29) is 39.7 Å². The number of carbonyl (C=O) groups excluding carboxylic acids is 5. The summed E-state index contributed by atoms with van der Waals surface area (Å²) in [4.78, 5) is 78.0. The lowest BCUT2D eigenvalue weighted by Gasteiger charge is -2.49. The second-order valence-electron chi connectivity index (χ2n) is 16.5. The molecule has 5 rings (SSSR count). The molecule has 60 heavy (non-hydrogen) atoms. The van der Waals surface area contributed by atoms with Gasteiger partial charge in [0.2, 0.25) is 0 Å². The Kier molecular flexibility index (Phi) is 14.1. The number of halogens is 1. The van der Waals surface area contributed by atoms with Crippen molar-refractivity contribution >= 4 is 81.2 Å². The number of anilines is 2. The van der Waals surface area contributed by atoms with Crippen LogP contribution in [0.2, 0.25) is 4.34 Å². The van der Waals surface area contributed by atoms with E-state index in [0.717, 1.165) is 11.3 Å². The summed E-state index contributed by atoms with van der Waals surface area (Å²) in [5.41, 5.74) is -0.883. The summed E-state index contributed by atoms with van der Waals surface area (Å²) in [6, 6.07) is 9.28. The van der Waals surface area contributed by atoms with Crippen LogP contribution in [-0.4, -0.2) is 86.6 Å². The number of hydrogen-bond acceptors (Lipinski definition) is 14. The molecule has 2 aliphatic rings. The van der Waals surface area contributed by atoms with Gasteiger partial charge in [-0.15, -0.1) is 11.8 Å². The second kappa shape index (κ2) is 18.5. The molecule has 4 heterocycles. The predicted molar refractivity (Wildman–Crippen MR) is 226 cm³/mol. The predicted octanol–water partition coefficient (Wildman–Crippen LogP) is 6.40. The maximum absolute atomic E-state index is 14.0. The van der Waals surface area contributed by atoms with Gasteiger partial charge in [0.25, 0.3) is 11.8 Å². The third kappa shape index (κ3) is 12.3. The maximum Gasteiger partial charge on any atom is 0.413 e. The van der Waals surface area contributed by atoms with E-state index < -0.39 is 58.2 Å². The first-order valence-corrected chi connectivity index (χ1v) is 20.9. The fourth-order valence-corrected chi connectivity index (χ4v) is 7.86. The van der Waals surface area contributed by atoms with Gasteiger partial charge >= 0.3 is 18.2 Å². The van der Waals surface area contributed by atoms with Gasteiger partial charge in [0.05, 0.1) is 12.8 Å². The number of amides is 4. The maximum atomic E-state index is 14.0. The molecule has 1 saturated heterocycles. The largest absolute Gasteiger partial charge is 0.497 e. The van der Waals surface area contributed by atoms with Crippen LogP contribution >= 0.6 is 34.7 Å². The van der Waals surface area contributed by atoms with E-state index in [4.69, 9.17) is 35.4 Å². The zero-order chi connectivity index (χ0) is 44.2. The van der Waals surface area contributed by atoms with Crippen molar-refractivity contribution in [1.82, 2.24) is 15.2 Å². The first kappa shape index (κ1) is 45.7. The van der Waals surface area contributed by atoms with Crippen molar-refractivity contribution in [3.63, 3.8) is 0 Å². The van der Waals surface area contributed by atoms with Gasteiger partial charge in [-0.2, -0.15) is 0 Å². The van der Waals surface area contributed by atoms with Crippen molar-refractivity contribution in [3.05, 3.63) is 75.7 Å². The molecule has 1 fully saturated rings. The minimum Gasteiger partial charge on any atom is -0.497 e. The van der Waals surface area contributed by atoms with Crippen LogP contribution in [0, 0.1) is 0 Å². The van der Waals surface area contributed by atoms with Crippen LogP contribution in [0.25, 0.3) is 0 Å². The standard InChI is InChI=1S/C40H48ClN7O10S2/c1-38(2,3)56-36(52)42-24-15-17-47(18-16-24)19-23-21-59-33-28(32(50)48(33)29(23)34(51)55-20-22-11-13-25(54-10)14-12-22)43-31(49)27(46-58-40(7,8)9)26-30(41)60-35(44-26)45-37(53)57-39(4,5)6/h11-18,28,33H,19-21H2,1-10H3,(H2,43,44,45,49,53)/p+1/b46-27-. The van der Waals surface area contributed by atoms with Crippen LogP contribution in [0.1, 0.15) is 73.6 Å². The number of esters is 1. The number of pyridine rings is 1. The van der Waals surface area contributed by atoms with Gasteiger partial charge < -0.3 is 29.1 Å². The fourth-order valence-electron chi connectivity index (χ4n) is 5.50. The molecule has 0 bridgehead atoms. The topological polar surface area (TPSA) is 200 Å². The summed E-state index contributed by atoms with van der Waals surface area (Å²) in [6.07, 6.45) is 2.05. The van der Waals surface area contributed by atoms with Crippen LogP contribution < -0.4 is 25.3 Å². The summed E-state index contributed by atoms with van der Waals surface area (Å²) in [5, 5.41) is 11.4. The van der Waals surface area contributed by atoms with Crippen molar-refractivity contribution in [1.29, 1.82) is 0 Å². The Labute approximate surface area is 361 Å². The van der Waals surface area contributed by atoms with Gasteiger partial charge in [0.15, 0.2) is 29.8 Å². The molecule has 0 aliphatic carbocycles. The smallest absolute Gasteiger partial charge is 0.413 e. The number of hydrogen-bond donors (Lipinski definition) is 3. The number of rotatable bonds is 12. The highest BCUT2D eigenvalue weighted by Gasteiger charge is 2.55. The molecule has 17 nitrogen and oxygen atoms in total. The normalized spacial score (nSPS) is 16.9. The number of ether oxygens (including phenoxy) is 4. The quantitative estimate of drug-likeness (QED) is 0.0452. The number of thioether (sulfide) groups is 1. The minimum absolute atomic E-state index is 0.0155. The highest BCUT2D eigenvalue weighted by atomic mass is 35.5. The monoisotopic (exact) mass is 886 g/mol. The van der Waals surface area contributed by atoms with Crippen LogP contribution in [0.15, 0.2) is 65.2 Å². The van der Waals surface area contributed by atoms with E-state index in [9.17, 15) is 24.0 Å². The molecule has 2 aliphatic heterocycles. The Bertz CT molecular complexity index is 2170. The Morgan fingerprint density at radius 3 is 2.12 bits per heavy atom. The zero-order valence-corrected chi connectivity index (χ0v) is 37.3. The summed E-state index contributed by atoms with van der Waals surface area (Å²) in [7, 11) is 1.55. The Hall–Kier alpha value is -5.40. The molecule has 2 aromatic heterocycles. The number of methoxy groups -OCH3 is 1. The van der Waals surface area contributed by atoms with E-state index in [1.54, 1.807) is 123 Å². The molecule has 3 aromatic rings. The van der Waals surface area contributed by atoms with Gasteiger partial charge in [-0.1, -0.05) is 40.2 Å². The Morgan fingerprint density at radius 2 is 1.53 bits per heavy atom. The van der Waals surface area contributed by atoms with Gasteiger partial charge in [-0.25, -0.2) is 23.9 Å². The van der Waals surface area contributed by atoms with E-state index in [2.05, 4.69) is 26.1 Å². The van der Waals surface area contributed by atoms with Crippen molar-refractivity contribution in [3.8, 4) is 5.75 Å². The van der Waals surface area contributed by atoms with E-state index in [1.807, 2.05) is 0 Å². The lowest BCUT2D eigenvalue weighted by atomic mass is 10.0. The summed E-state index contributed by atoms with van der Waals surface area (Å²) in [5.74, 6) is -1.19. The average Bonchev–Trinajstić information content (AvgIpc) is 3.50. The summed E-state index contributed by atoms with van der Waals surface area (Å²) < 4.78 is 23.4. The number of benzene rings is 1. The molecule has 20 heteroatoms. The van der Waals surface area contributed by atoms with Gasteiger partial charge in [-0.05, 0) is 80.0 Å². The molecule has 4 amide bonds. The number of oxime groups is 1. The number of nitrogens with zero attached hydrogens (tertiary/aromatic N) is 4. The number of β-lactam (4-membered cyclic amide) rings is 1. The first-order valence-electron chi connectivity index (χ1n) is 18.7. The number of fused-ring (bicyclic) bond motifs is 1. The molecule has 2 unspecified atom stereocenters. The number of carbonyl (C=O) groups is 5. The summed E-state index contributed by atoms with van der Waals surface area (Å²) >= 11 is 8.75. The first-order chi connectivity index (χ1) is 28.0.